The molecular formula is C21H26ClN3O6S. The van der Waals surface area contributed by atoms with E-state index in [1.54, 1.807) is 0 Å². The van der Waals surface area contributed by atoms with Crippen molar-refractivity contribution in [3.8, 4) is 6.07 Å². The van der Waals surface area contributed by atoms with Gasteiger partial charge in [0.2, 0.25) is 10.0 Å². The van der Waals surface area contributed by atoms with E-state index in [0.717, 1.165) is 25.3 Å². The monoisotopic (exact) mass is 483 g/mol. The minimum absolute atomic E-state index is 0.0212. The van der Waals surface area contributed by atoms with Gasteiger partial charge in [-0.1, -0.05) is 30.9 Å². The zero-order valence-corrected chi connectivity index (χ0v) is 19.4. The molecule has 1 N–H and O–H groups in total. The Morgan fingerprint density at radius 3 is 2.53 bits per heavy atom. The third-order valence-electron chi connectivity index (χ3n) is 5.69. The fraction of sp³-hybridized carbons (Fsp3) is 0.571. The molecule has 1 aromatic rings. The number of ether oxygens (including phenoxy) is 2. The Morgan fingerprint density at radius 2 is 1.91 bits per heavy atom. The van der Waals surface area contributed by atoms with E-state index in [-0.39, 0.29) is 41.8 Å². The molecule has 3 rings (SSSR count). The number of nitrogens with one attached hydrogen (secondary N) is 1. The van der Waals surface area contributed by atoms with Crippen molar-refractivity contribution in [1.82, 2.24) is 9.62 Å². The second kappa shape index (κ2) is 10.2. The summed E-state index contributed by atoms with van der Waals surface area (Å²) >= 11 is 6.12. The van der Waals surface area contributed by atoms with E-state index in [1.807, 2.05) is 0 Å². The maximum absolute atomic E-state index is 12.9. The zero-order valence-electron chi connectivity index (χ0n) is 17.8. The summed E-state index contributed by atoms with van der Waals surface area (Å²) in [7, 11) is -3.93. The lowest BCUT2D eigenvalue weighted by molar-refractivity contribution is -0.130. The van der Waals surface area contributed by atoms with Crippen LogP contribution in [0.5, 0.6) is 0 Å². The topological polar surface area (TPSA) is 126 Å². The number of morpholine rings is 1. The summed E-state index contributed by atoms with van der Waals surface area (Å²) in [4.78, 5) is 25.0. The molecule has 1 unspecified atom stereocenters. The molecule has 1 aliphatic heterocycles. The van der Waals surface area contributed by atoms with Crippen LogP contribution in [0.25, 0.3) is 0 Å². The number of sulfonamides is 1. The third kappa shape index (κ3) is 5.41. The molecule has 9 nitrogen and oxygen atoms in total. The number of halogens is 1. The summed E-state index contributed by atoms with van der Waals surface area (Å²) in [6.07, 6.45) is 2.63. The van der Waals surface area contributed by atoms with Gasteiger partial charge in [-0.15, -0.1) is 0 Å². The molecule has 32 heavy (non-hydrogen) atoms. The molecule has 11 heteroatoms. The molecule has 1 heterocycles. The van der Waals surface area contributed by atoms with E-state index < -0.39 is 33.5 Å². The second-order valence-corrected chi connectivity index (χ2v) is 10.3. The largest absolute Gasteiger partial charge is 0.449 e. The van der Waals surface area contributed by atoms with Crippen LogP contribution in [0.3, 0.4) is 0 Å². The number of benzene rings is 1. The molecule has 0 aromatic heterocycles. The second-order valence-electron chi connectivity index (χ2n) is 7.95. The van der Waals surface area contributed by atoms with E-state index in [2.05, 4.69) is 11.4 Å². The van der Waals surface area contributed by atoms with Gasteiger partial charge in [0, 0.05) is 13.1 Å². The van der Waals surface area contributed by atoms with Crippen molar-refractivity contribution in [2.75, 3.05) is 26.3 Å². The van der Waals surface area contributed by atoms with Gasteiger partial charge in [0.15, 0.2) is 6.10 Å². The highest BCUT2D eigenvalue weighted by molar-refractivity contribution is 7.89. The fourth-order valence-corrected chi connectivity index (χ4v) is 5.70. The van der Waals surface area contributed by atoms with Gasteiger partial charge in [-0.05, 0) is 38.0 Å². The van der Waals surface area contributed by atoms with Crippen LogP contribution in [0.2, 0.25) is 5.02 Å². The van der Waals surface area contributed by atoms with Crippen LogP contribution in [0.1, 0.15) is 49.4 Å². The van der Waals surface area contributed by atoms with Crippen molar-refractivity contribution in [3.63, 3.8) is 0 Å². The summed E-state index contributed by atoms with van der Waals surface area (Å²) in [5.74, 6) is -1.44. The number of hydrogen-bond donors (Lipinski definition) is 1. The molecule has 0 bridgehead atoms. The third-order valence-corrected chi connectivity index (χ3v) is 8.07. The highest BCUT2D eigenvalue weighted by atomic mass is 35.5. The van der Waals surface area contributed by atoms with Crippen LogP contribution in [0, 0.1) is 11.3 Å². The molecule has 1 aromatic carbocycles. The van der Waals surface area contributed by atoms with E-state index in [4.69, 9.17) is 21.1 Å². The minimum atomic E-state index is -3.93. The molecule has 1 saturated heterocycles. The molecule has 1 saturated carbocycles. The van der Waals surface area contributed by atoms with Crippen LogP contribution in [0.4, 0.5) is 0 Å². The van der Waals surface area contributed by atoms with Gasteiger partial charge in [0.1, 0.15) is 10.4 Å². The number of nitriles is 1. The molecule has 174 valence electrons. The van der Waals surface area contributed by atoms with Crippen molar-refractivity contribution >= 4 is 33.5 Å². The molecular weight excluding hydrogens is 458 g/mol. The van der Waals surface area contributed by atoms with Gasteiger partial charge in [-0.25, -0.2) is 13.2 Å². The zero-order chi connectivity index (χ0) is 23.4. The lowest BCUT2D eigenvalue weighted by Gasteiger charge is -2.32. The average Bonchev–Trinajstić information content (AvgIpc) is 2.80. The first-order chi connectivity index (χ1) is 15.2. The van der Waals surface area contributed by atoms with Gasteiger partial charge in [-0.3, -0.25) is 4.79 Å². The Kier molecular flexibility index (Phi) is 7.77. The quantitative estimate of drug-likeness (QED) is 0.615. The van der Waals surface area contributed by atoms with Crippen molar-refractivity contribution in [2.45, 2.75) is 55.6 Å². The number of rotatable bonds is 6. The highest BCUT2D eigenvalue weighted by Crippen LogP contribution is 2.28. The number of esters is 1. The van der Waals surface area contributed by atoms with E-state index in [9.17, 15) is 23.3 Å². The average molecular weight is 484 g/mol. The summed E-state index contributed by atoms with van der Waals surface area (Å²) in [5, 5.41) is 12.2. The first kappa shape index (κ1) is 24.5. The molecule has 1 aliphatic carbocycles. The molecule has 1 atom stereocenters. The Labute approximate surface area is 192 Å². The predicted molar refractivity (Wildman–Crippen MR) is 115 cm³/mol. The van der Waals surface area contributed by atoms with Crippen LogP contribution in [0.15, 0.2) is 23.1 Å². The fourth-order valence-electron chi connectivity index (χ4n) is 3.79. The smallest absolute Gasteiger partial charge is 0.338 e. The van der Waals surface area contributed by atoms with E-state index in [0.29, 0.717) is 12.8 Å². The normalized spacial score (nSPS) is 20.0. The molecule has 2 aliphatic rings. The maximum atomic E-state index is 12.9. The van der Waals surface area contributed by atoms with Gasteiger partial charge in [-0.2, -0.15) is 9.57 Å². The van der Waals surface area contributed by atoms with Crippen LogP contribution in [-0.2, 0) is 24.3 Å². The maximum Gasteiger partial charge on any atom is 0.338 e. The van der Waals surface area contributed by atoms with Gasteiger partial charge in [0.25, 0.3) is 5.91 Å². The lowest BCUT2D eigenvalue weighted by atomic mass is 9.83. The Bertz CT molecular complexity index is 1010. The van der Waals surface area contributed by atoms with Crippen molar-refractivity contribution < 1.29 is 27.5 Å². The highest BCUT2D eigenvalue weighted by Gasteiger charge is 2.36. The molecule has 2 fully saturated rings. The number of hydrogen-bond acceptors (Lipinski definition) is 7. The standard InChI is InChI=1S/C21H26ClN3O6S/c1-15(19(26)24-21(14-23)7-3-2-4-8-21)31-20(27)16-5-6-17(22)18(13-16)32(28,29)25-9-11-30-12-10-25/h5-6,13,15H,2-4,7-12H2,1H3,(H,24,26). The van der Waals surface area contributed by atoms with Crippen LogP contribution < -0.4 is 5.32 Å². The first-order valence-corrected chi connectivity index (χ1v) is 12.3. The minimum Gasteiger partial charge on any atom is -0.449 e. The number of amides is 1. The Hall–Kier alpha value is -2.19. The summed E-state index contributed by atoms with van der Waals surface area (Å²) in [5.41, 5.74) is -0.996. The van der Waals surface area contributed by atoms with Gasteiger partial charge >= 0.3 is 5.97 Å². The first-order valence-electron chi connectivity index (χ1n) is 10.5. The molecule has 1 amide bonds. The van der Waals surface area contributed by atoms with Crippen LogP contribution in [-0.4, -0.2) is 62.5 Å². The summed E-state index contributed by atoms with van der Waals surface area (Å²) in [6, 6.07) is 5.98. The molecule has 0 spiro atoms. The van der Waals surface area contributed by atoms with Crippen molar-refractivity contribution in [1.29, 1.82) is 5.26 Å². The predicted octanol–water partition coefficient (Wildman–Crippen LogP) is 2.25. The number of carbonyl (C=O) groups is 2. The lowest BCUT2D eigenvalue weighted by Crippen LogP contribution is -2.52. The van der Waals surface area contributed by atoms with Gasteiger partial charge in [0.05, 0.1) is 29.9 Å². The number of carbonyl (C=O) groups excluding carboxylic acids is 2. The SMILES string of the molecule is CC(OC(=O)c1ccc(Cl)c(S(=O)(=O)N2CCOCC2)c1)C(=O)NC1(C#N)CCCCC1. The number of nitrogens with zero attached hydrogens (tertiary/aromatic N) is 2. The summed E-state index contributed by atoms with van der Waals surface area (Å²) in [6.45, 7) is 2.32. The summed E-state index contributed by atoms with van der Waals surface area (Å²) < 4.78 is 37.6. The van der Waals surface area contributed by atoms with E-state index in [1.165, 1.54) is 23.4 Å². The van der Waals surface area contributed by atoms with Crippen molar-refractivity contribution in [2.24, 2.45) is 0 Å². The Balaban J connectivity index is 1.71. The van der Waals surface area contributed by atoms with Crippen molar-refractivity contribution in [3.05, 3.63) is 28.8 Å². The molecule has 0 radical (unpaired) electrons. The van der Waals surface area contributed by atoms with Crippen LogP contribution >= 0.6 is 11.6 Å². The Morgan fingerprint density at radius 1 is 1.25 bits per heavy atom. The van der Waals surface area contributed by atoms with E-state index >= 15 is 0 Å². The van der Waals surface area contributed by atoms with Gasteiger partial charge < -0.3 is 14.8 Å².